The molecular weight excluding hydrogens is 1710 g/mol. The van der Waals surface area contributed by atoms with Crippen molar-refractivity contribution >= 4 is 182 Å². The fraction of sp³-hybridized carbons (Fsp3) is 0.0242. The number of rotatable bonds is 8. The predicted octanol–water partition coefficient (Wildman–Crippen LogP) is 32.5. The number of furan rings is 2. The van der Waals surface area contributed by atoms with Gasteiger partial charge in [-0.1, -0.05) is 329 Å². The number of para-hydroxylation sites is 11. The van der Waals surface area contributed by atoms with Crippen LogP contribution in [0.1, 0.15) is 25.0 Å². The molecule has 0 unspecified atom stereocenters. The Morgan fingerprint density at radius 2 is 0.612 bits per heavy atom. The summed E-state index contributed by atoms with van der Waals surface area (Å²) in [6.45, 7) is 4.67. The molecule has 0 N–H and O–H groups in total. The number of hydrogen-bond acceptors (Lipinski definition) is 12. The van der Waals surface area contributed by atoms with Crippen molar-refractivity contribution in [3.8, 4) is 101 Å². The summed E-state index contributed by atoms with van der Waals surface area (Å²) >= 11 is 0. The third-order valence-corrected chi connectivity index (χ3v) is 28.4. The topological polar surface area (TPSA) is 169 Å². The van der Waals surface area contributed by atoms with Gasteiger partial charge in [0.1, 0.15) is 55.4 Å². The summed E-state index contributed by atoms with van der Waals surface area (Å²) in [7, 11) is 0. The van der Waals surface area contributed by atoms with Crippen LogP contribution >= 0.6 is 0 Å². The Morgan fingerprint density at radius 1 is 0.230 bits per heavy atom. The van der Waals surface area contributed by atoms with Crippen LogP contribution in [0.3, 0.4) is 0 Å². The molecule has 0 spiro atoms. The summed E-state index contributed by atoms with van der Waals surface area (Å²) in [6, 6.07) is 139. The molecule has 139 heavy (non-hydrogen) atoms. The number of aromatic nitrogens is 10. The molecule has 0 saturated carbocycles. The van der Waals surface area contributed by atoms with E-state index in [1.807, 2.05) is 128 Å². The molecule has 15 heteroatoms. The molecule has 0 radical (unpaired) electrons. The minimum Gasteiger partial charge on any atom is -0.455 e. The predicted molar refractivity (Wildman–Crippen MR) is 562 cm³/mol. The Kier molecular flexibility index (Phi) is 16.9. The van der Waals surface area contributed by atoms with Crippen LogP contribution in [0, 0.1) is 0 Å². The van der Waals surface area contributed by atoms with E-state index >= 15 is 0 Å². The third kappa shape index (κ3) is 12.0. The smallest absolute Gasteiger partial charge is 0.307 e. The normalized spacial score (nSPS) is 12.6. The molecule has 0 saturated heterocycles. The average Bonchev–Trinajstić information content (AvgIpc) is 1.47. The second-order valence-corrected chi connectivity index (χ2v) is 36.5. The lowest BCUT2D eigenvalue weighted by atomic mass is 9.81. The summed E-state index contributed by atoms with van der Waals surface area (Å²) < 4.78 is 38.2. The van der Waals surface area contributed by atoms with Gasteiger partial charge < -0.3 is 22.1 Å². The van der Waals surface area contributed by atoms with Gasteiger partial charge in [0.2, 0.25) is 0 Å². The first-order valence-electron chi connectivity index (χ1n) is 46.7. The standard InChI is InChI=1S/C42H28N4O.C42H23N3O2.C40H23N3O2/c1-42(2)33-22-27(17-19-30(33)31-20-18-28(23-34(31)42)29-8-7-21-43-24-29)25-13-15-26(16-14-25)38-40-39(32-9-3-4-10-35(32)44-38)45-41-46(40)36-11-5-6-12-37(36)47-41;1-3-11-28-24(9-1)21-22-35-36(28)37-29-12-4-2-10-27(29)23-31(41(37)46-35)25-17-19-26(20-18-25)38-40-39(30-13-5-6-14-32(30)43-38)44-42-45(40)33-15-7-8-16-34(33)47-42;1-2-10-24(11-3-1)27-13-8-15-29-30-16-9-14-28(39(30)45-38(27)29)25-20-22-26(23-21-25)35-37-36(31-12-4-5-17-32(31)41-35)42-40-43(37)33-18-6-7-19-34(33)44-40/h3-24H,1-2H3;1-23H;1-23H. The molecule has 31 rings (SSSR count). The minimum atomic E-state index is -0.125. The number of nitrogens with zero attached hydrogens (tertiary/aromatic N) is 10. The van der Waals surface area contributed by atoms with E-state index in [-0.39, 0.29) is 5.41 Å². The maximum Gasteiger partial charge on any atom is 0.307 e. The Hall–Kier alpha value is -18.7. The van der Waals surface area contributed by atoms with Crippen LogP contribution in [0.4, 0.5) is 0 Å². The van der Waals surface area contributed by atoms with Crippen molar-refractivity contribution in [3.63, 3.8) is 0 Å². The van der Waals surface area contributed by atoms with Crippen LogP contribution in [-0.2, 0) is 5.41 Å². The number of hydrogen-bond donors (Lipinski definition) is 0. The maximum absolute atomic E-state index is 6.71. The first-order chi connectivity index (χ1) is 68.7. The van der Waals surface area contributed by atoms with Gasteiger partial charge in [-0.25, -0.2) is 15.0 Å². The van der Waals surface area contributed by atoms with Gasteiger partial charge in [0.25, 0.3) is 0 Å². The molecule has 18 aromatic carbocycles. The van der Waals surface area contributed by atoms with E-state index in [1.54, 1.807) is 0 Å². The highest BCUT2D eigenvalue weighted by Crippen LogP contribution is 2.53. The van der Waals surface area contributed by atoms with Crippen LogP contribution in [0.15, 0.2) is 435 Å². The zero-order valence-electron chi connectivity index (χ0n) is 74.8. The van der Waals surface area contributed by atoms with Crippen molar-refractivity contribution in [1.82, 2.24) is 48.1 Å². The molecule has 0 atom stereocenters. The van der Waals surface area contributed by atoms with E-state index < -0.39 is 0 Å². The van der Waals surface area contributed by atoms with E-state index in [9.17, 15) is 0 Å². The van der Waals surface area contributed by atoms with Gasteiger partial charge in [0.15, 0.2) is 16.7 Å². The van der Waals surface area contributed by atoms with E-state index in [2.05, 4.69) is 317 Å². The molecule has 0 aliphatic heterocycles. The molecule has 1 aliphatic carbocycles. The van der Waals surface area contributed by atoms with Gasteiger partial charge in [-0.15, -0.1) is 0 Å². The van der Waals surface area contributed by atoms with Gasteiger partial charge in [-0.2, -0.15) is 15.0 Å². The summed E-state index contributed by atoms with van der Waals surface area (Å²) in [5, 5.41) is 12.3. The van der Waals surface area contributed by atoms with E-state index in [1.165, 1.54) is 60.5 Å². The molecule has 0 fully saturated rings. The molecule has 12 aromatic heterocycles. The summed E-state index contributed by atoms with van der Waals surface area (Å²) in [4.78, 5) is 34.8. The van der Waals surface area contributed by atoms with Gasteiger partial charge >= 0.3 is 17.5 Å². The summed E-state index contributed by atoms with van der Waals surface area (Å²) in [5.41, 5.74) is 39.2. The molecular formula is C124H74N10O5. The monoisotopic (exact) mass is 1780 g/mol. The van der Waals surface area contributed by atoms with Crippen molar-refractivity contribution in [2.45, 2.75) is 19.3 Å². The Labute approximate surface area is 790 Å². The van der Waals surface area contributed by atoms with E-state index in [4.69, 9.17) is 52.0 Å². The minimum absolute atomic E-state index is 0.125. The first-order valence-corrected chi connectivity index (χ1v) is 46.7. The highest BCUT2D eigenvalue weighted by molar-refractivity contribution is 6.29. The summed E-state index contributed by atoms with van der Waals surface area (Å²) in [5.74, 6) is 1.70. The molecule has 30 aromatic rings. The molecule has 0 bridgehead atoms. The lowest BCUT2D eigenvalue weighted by Crippen LogP contribution is -2.15. The number of imidazole rings is 3. The average molecular weight is 1780 g/mol. The zero-order chi connectivity index (χ0) is 91.4. The lowest BCUT2D eigenvalue weighted by molar-refractivity contribution is 0.642. The quantitative estimate of drug-likeness (QED) is 0.141. The van der Waals surface area contributed by atoms with Crippen molar-refractivity contribution in [3.05, 3.63) is 424 Å². The number of pyridine rings is 4. The van der Waals surface area contributed by atoms with Crippen molar-refractivity contribution < 1.29 is 22.1 Å². The zero-order valence-corrected chi connectivity index (χ0v) is 74.8. The maximum atomic E-state index is 6.71. The third-order valence-electron chi connectivity index (χ3n) is 28.4. The van der Waals surface area contributed by atoms with Crippen molar-refractivity contribution in [1.29, 1.82) is 0 Å². The van der Waals surface area contributed by atoms with Gasteiger partial charge in [0, 0.05) is 88.9 Å². The first kappa shape index (κ1) is 77.8. The Bertz CT molecular complexity index is 10400. The van der Waals surface area contributed by atoms with Gasteiger partial charge in [-0.05, 0) is 168 Å². The second kappa shape index (κ2) is 30.1. The largest absolute Gasteiger partial charge is 0.455 e. The SMILES string of the molecule is CC1(C)c2cc(-c3ccc(-c4nc5ccccc5c5nc6oc7ccccc7n6c45)cc3)ccc2-c2ccc(-c3cccnc3)cc21.c1ccc(-c2cccc3c2oc2c(-c4ccc(-c5nc6ccccc6c6nc7oc8ccccc8n7c56)cc4)cccc23)cc1.c1ccc2c(c1)ccc1oc3c(-c4ccc(-c5nc6ccccc6c6nc7oc8ccccc8n7c56)cc4)cc4ccccc4c3c12. The molecule has 15 nitrogen and oxygen atoms in total. The van der Waals surface area contributed by atoms with Crippen LogP contribution < -0.4 is 0 Å². The Morgan fingerprint density at radius 3 is 1.09 bits per heavy atom. The number of fused-ring (bicyclic) bond motifs is 34. The fourth-order valence-electron chi connectivity index (χ4n) is 21.8. The van der Waals surface area contributed by atoms with E-state index in [0.717, 1.165) is 216 Å². The molecule has 0 amide bonds. The Balaban J connectivity index is 0.000000100. The second-order valence-electron chi connectivity index (χ2n) is 36.5. The summed E-state index contributed by atoms with van der Waals surface area (Å²) in [6.07, 6.45) is 3.76. The number of oxazole rings is 3. The molecule has 1 aliphatic rings. The van der Waals surface area contributed by atoms with Crippen LogP contribution in [0.25, 0.3) is 283 Å². The van der Waals surface area contributed by atoms with Gasteiger partial charge in [-0.3, -0.25) is 18.2 Å². The number of benzene rings is 18. The van der Waals surface area contributed by atoms with Crippen molar-refractivity contribution in [2.24, 2.45) is 0 Å². The van der Waals surface area contributed by atoms with Gasteiger partial charge in [0.05, 0.1) is 50.2 Å². The highest BCUT2D eigenvalue weighted by Gasteiger charge is 2.37. The highest BCUT2D eigenvalue weighted by atomic mass is 16.4. The fourth-order valence-corrected chi connectivity index (χ4v) is 21.8. The van der Waals surface area contributed by atoms with Crippen LogP contribution in [-0.4, -0.2) is 48.1 Å². The van der Waals surface area contributed by atoms with Crippen LogP contribution in [0.5, 0.6) is 0 Å². The lowest BCUT2D eigenvalue weighted by Gasteiger charge is -2.22. The molecule has 650 valence electrons. The van der Waals surface area contributed by atoms with E-state index in [0.29, 0.717) is 17.5 Å². The van der Waals surface area contributed by atoms with Crippen LogP contribution in [0.2, 0.25) is 0 Å². The van der Waals surface area contributed by atoms with Crippen molar-refractivity contribution in [2.75, 3.05) is 0 Å². The molecule has 12 heterocycles.